The lowest BCUT2D eigenvalue weighted by atomic mass is 10.1. The number of nitrogens with one attached hydrogen (secondary N) is 2. The van der Waals surface area contributed by atoms with E-state index in [1.165, 1.54) is 12.5 Å². The number of hydrogen-bond donors (Lipinski definition) is 2. The average Bonchev–Trinajstić information content (AvgIpc) is 2.33. The van der Waals surface area contributed by atoms with Gasteiger partial charge in [0, 0.05) is 0 Å². The van der Waals surface area contributed by atoms with Crippen molar-refractivity contribution in [2.24, 2.45) is 5.92 Å². The fourth-order valence-corrected chi connectivity index (χ4v) is 1.88. The average molecular weight is 238 g/mol. The molecule has 2 nitrogen and oxygen atoms in total. The summed E-state index contributed by atoms with van der Waals surface area (Å²) in [4.78, 5) is 0. The van der Waals surface area contributed by atoms with Crippen molar-refractivity contribution in [3.63, 3.8) is 0 Å². The molecule has 3 heteroatoms. The first kappa shape index (κ1) is 14.1. The Morgan fingerprint density at radius 3 is 2.76 bits per heavy atom. The summed E-state index contributed by atoms with van der Waals surface area (Å²) in [5, 5.41) is 6.62. The molecular formula is C14H23FN2. The van der Waals surface area contributed by atoms with E-state index < -0.39 is 0 Å². The Morgan fingerprint density at radius 2 is 2.12 bits per heavy atom. The molecule has 0 aromatic heterocycles. The SMILES string of the molecule is CCC(CNC)CNCCc1cccc(F)c1. The minimum absolute atomic E-state index is 0.149. The lowest BCUT2D eigenvalue weighted by Gasteiger charge is -2.15. The summed E-state index contributed by atoms with van der Waals surface area (Å²) in [6, 6.07) is 6.82. The molecule has 1 unspecified atom stereocenters. The van der Waals surface area contributed by atoms with E-state index in [0.717, 1.165) is 31.6 Å². The molecule has 0 fully saturated rings. The quantitative estimate of drug-likeness (QED) is 0.679. The van der Waals surface area contributed by atoms with E-state index in [2.05, 4.69) is 17.6 Å². The molecule has 0 saturated carbocycles. The molecule has 0 bridgehead atoms. The first-order chi connectivity index (χ1) is 8.26. The maximum absolute atomic E-state index is 12.9. The van der Waals surface area contributed by atoms with Crippen molar-refractivity contribution in [1.29, 1.82) is 0 Å². The van der Waals surface area contributed by atoms with Crippen LogP contribution in [0.3, 0.4) is 0 Å². The molecule has 0 aliphatic carbocycles. The molecule has 96 valence electrons. The van der Waals surface area contributed by atoms with E-state index in [-0.39, 0.29) is 5.82 Å². The second-order valence-electron chi connectivity index (χ2n) is 4.42. The molecule has 0 aliphatic heterocycles. The van der Waals surface area contributed by atoms with E-state index in [1.54, 1.807) is 12.1 Å². The lowest BCUT2D eigenvalue weighted by molar-refractivity contribution is 0.447. The van der Waals surface area contributed by atoms with E-state index >= 15 is 0 Å². The molecule has 0 saturated heterocycles. The third kappa shape index (κ3) is 5.80. The minimum atomic E-state index is -0.149. The van der Waals surface area contributed by atoms with Gasteiger partial charge in [-0.3, -0.25) is 0 Å². The van der Waals surface area contributed by atoms with Crippen LogP contribution in [0.25, 0.3) is 0 Å². The van der Waals surface area contributed by atoms with E-state index in [4.69, 9.17) is 0 Å². The fourth-order valence-electron chi connectivity index (χ4n) is 1.88. The minimum Gasteiger partial charge on any atom is -0.319 e. The van der Waals surface area contributed by atoms with Crippen LogP contribution in [0.15, 0.2) is 24.3 Å². The van der Waals surface area contributed by atoms with Crippen LogP contribution in [0.2, 0.25) is 0 Å². The largest absolute Gasteiger partial charge is 0.319 e. The molecule has 0 heterocycles. The Morgan fingerprint density at radius 1 is 1.29 bits per heavy atom. The Bertz CT molecular complexity index is 315. The van der Waals surface area contributed by atoms with Crippen molar-refractivity contribution < 1.29 is 4.39 Å². The van der Waals surface area contributed by atoms with Crippen LogP contribution < -0.4 is 10.6 Å². The molecule has 0 spiro atoms. The summed E-state index contributed by atoms with van der Waals surface area (Å²) in [5.41, 5.74) is 1.05. The van der Waals surface area contributed by atoms with Crippen LogP contribution in [-0.4, -0.2) is 26.7 Å². The smallest absolute Gasteiger partial charge is 0.123 e. The Balaban J connectivity index is 2.19. The van der Waals surface area contributed by atoms with E-state index in [0.29, 0.717) is 5.92 Å². The summed E-state index contributed by atoms with van der Waals surface area (Å²) in [5.74, 6) is 0.525. The Hall–Kier alpha value is -0.930. The van der Waals surface area contributed by atoms with Gasteiger partial charge in [-0.05, 0) is 56.7 Å². The predicted octanol–water partition coefficient (Wildman–Crippen LogP) is 2.20. The molecule has 1 rings (SSSR count). The van der Waals surface area contributed by atoms with Crippen LogP contribution in [0.5, 0.6) is 0 Å². The van der Waals surface area contributed by atoms with Crippen LogP contribution in [0, 0.1) is 11.7 Å². The van der Waals surface area contributed by atoms with Crippen LogP contribution in [0.4, 0.5) is 4.39 Å². The van der Waals surface area contributed by atoms with Crippen molar-refractivity contribution in [2.75, 3.05) is 26.7 Å². The normalized spacial score (nSPS) is 12.6. The second-order valence-corrected chi connectivity index (χ2v) is 4.42. The van der Waals surface area contributed by atoms with Gasteiger partial charge in [0.25, 0.3) is 0 Å². The number of hydrogen-bond acceptors (Lipinski definition) is 2. The third-order valence-corrected chi connectivity index (χ3v) is 2.98. The predicted molar refractivity (Wildman–Crippen MR) is 70.7 cm³/mol. The molecule has 1 aromatic rings. The maximum atomic E-state index is 12.9. The lowest BCUT2D eigenvalue weighted by Crippen LogP contribution is -2.30. The highest BCUT2D eigenvalue weighted by atomic mass is 19.1. The molecule has 0 radical (unpaired) electrons. The van der Waals surface area contributed by atoms with Gasteiger partial charge in [-0.2, -0.15) is 0 Å². The van der Waals surface area contributed by atoms with Crippen molar-refractivity contribution in [2.45, 2.75) is 19.8 Å². The summed E-state index contributed by atoms with van der Waals surface area (Å²) in [7, 11) is 1.98. The molecular weight excluding hydrogens is 215 g/mol. The first-order valence-corrected chi connectivity index (χ1v) is 6.36. The molecule has 0 aliphatic rings. The molecule has 17 heavy (non-hydrogen) atoms. The highest BCUT2D eigenvalue weighted by Gasteiger charge is 2.03. The Kier molecular flexibility index (Phi) is 6.82. The van der Waals surface area contributed by atoms with Gasteiger partial charge in [0.05, 0.1) is 0 Å². The van der Waals surface area contributed by atoms with Gasteiger partial charge in [-0.1, -0.05) is 25.5 Å². The summed E-state index contributed by atoms with van der Waals surface area (Å²) >= 11 is 0. The van der Waals surface area contributed by atoms with Gasteiger partial charge in [0.2, 0.25) is 0 Å². The molecule has 2 N–H and O–H groups in total. The van der Waals surface area contributed by atoms with E-state index in [1.807, 2.05) is 13.1 Å². The monoisotopic (exact) mass is 238 g/mol. The molecule has 0 amide bonds. The van der Waals surface area contributed by atoms with E-state index in [9.17, 15) is 4.39 Å². The number of benzene rings is 1. The maximum Gasteiger partial charge on any atom is 0.123 e. The second kappa shape index (κ2) is 8.20. The number of rotatable bonds is 8. The van der Waals surface area contributed by atoms with Crippen molar-refractivity contribution in [3.05, 3.63) is 35.6 Å². The zero-order valence-corrected chi connectivity index (χ0v) is 10.8. The fraction of sp³-hybridized carbons (Fsp3) is 0.571. The zero-order chi connectivity index (χ0) is 12.5. The Labute approximate surface area is 104 Å². The highest BCUT2D eigenvalue weighted by molar-refractivity contribution is 5.16. The summed E-state index contributed by atoms with van der Waals surface area (Å²) in [6.07, 6.45) is 2.06. The molecule has 1 aromatic carbocycles. The van der Waals surface area contributed by atoms with Gasteiger partial charge < -0.3 is 10.6 Å². The van der Waals surface area contributed by atoms with Gasteiger partial charge in [-0.25, -0.2) is 4.39 Å². The van der Waals surface area contributed by atoms with Crippen LogP contribution in [0.1, 0.15) is 18.9 Å². The van der Waals surface area contributed by atoms with Gasteiger partial charge in [0.15, 0.2) is 0 Å². The topological polar surface area (TPSA) is 24.1 Å². The highest BCUT2D eigenvalue weighted by Crippen LogP contribution is 2.04. The zero-order valence-electron chi connectivity index (χ0n) is 10.8. The third-order valence-electron chi connectivity index (χ3n) is 2.98. The van der Waals surface area contributed by atoms with Crippen molar-refractivity contribution in [3.8, 4) is 0 Å². The van der Waals surface area contributed by atoms with Gasteiger partial charge in [0.1, 0.15) is 5.82 Å². The number of halogens is 1. The van der Waals surface area contributed by atoms with Crippen molar-refractivity contribution in [1.82, 2.24) is 10.6 Å². The van der Waals surface area contributed by atoms with Crippen LogP contribution >= 0.6 is 0 Å². The van der Waals surface area contributed by atoms with Crippen LogP contribution in [-0.2, 0) is 6.42 Å². The van der Waals surface area contributed by atoms with Gasteiger partial charge in [-0.15, -0.1) is 0 Å². The van der Waals surface area contributed by atoms with Crippen molar-refractivity contribution >= 4 is 0 Å². The first-order valence-electron chi connectivity index (χ1n) is 6.36. The molecule has 1 atom stereocenters. The van der Waals surface area contributed by atoms with Gasteiger partial charge >= 0.3 is 0 Å². The summed E-state index contributed by atoms with van der Waals surface area (Å²) < 4.78 is 12.9. The summed E-state index contributed by atoms with van der Waals surface area (Å²) in [6.45, 7) is 5.18. The standard InChI is InChI=1S/C14H23FN2/c1-3-12(10-16-2)11-17-8-7-13-5-4-6-14(15)9-13/h4-6,9,12,16-17H,3,7-8,10-11H2,1-2H3.